The van der Waals surface area contributed by atoms with Crippen molar-refractivity contribution in [1.82, 2.24) is 25.4 Å². The van der Waals surface area contributed by atoms with E-state index in [1.807, 2.05) is 26.0 Å². The molecule has 0 fully saturated rings. The van der Waals surface area contributed by atoms with Crippen LogP contribution in [0.5, 0.6) is 0 Å². The molecule has 0 aliphatic rings. The molecule has 2 rings (SSSR count). The minimum absolute atomic E-state index is 0.0379. The first-order chi connectivity index (χ1) is 14.0. The highest BCUT2D eigenvalue weighted by molar-refractivity contribution is 6.32. The molecule has 9 heteroatoms. The molecule has 1 aromatic carbocycles. The number of aryl methyl sites for hydroxylation is 1. The van der Waals surface area contributed by atoms with E-state index in [-0.39, 0.29) is 12.4 Å². The van der Waals surface area contributed by atoms with Gasteiger partial charge in [-0.2, -0.15) is 0 Å². The zero-order valence-corrected chi connectivity index (χ0v) is 19.1. The Bertz CT molecular complexity index is 900. The zero-order valence-electron chi connectivity index (χ0n) is 18.4. The van der Waals surface area contributed by atoms with Crippen LogP contribution < -0.4 is 10.6 Å². The van der Waals surface area contributed by atoms with Crippen molar-refractivity contribution >= 4 is 23.6 Å². The first-order valence-electron chi connectivity index (χ1n) is 9.98. The van der Waals surface area contributed by atoms with Crippen molar-refractivity contribution < 1.29 is 14.3 Å². The molecular formula is C21H30ClN5O3. The number of amides is 2. The second kappa shape index (κ2) is 9.47. The topological polar surface area (TPSA) is 98.1 Å². The summed E-state index contributed by atoms with van der Waals surface area (Å²) in [5.41, 5.74) is -0.605. The molecule has 0 saturated heterocycles. The fourth-order valence-corrected chi connectivity index (χ4v) is 3.13. The third-order valence-electron chi connectivity index (χ3n) is 4.75. The van der Waals surface area contributed by atoms with E-state index < -0.39 is 23.1 Å². The van der Waals surface area contributed by atoms with Crippen molar-refractivity contribution in [2.24, 2.45) is 0 Å². The number of para-hydroxylation sites is 1. The number of ether oxygens (including phenoxy) is 1. The maximum Gasteiger partial charge on any atom is 0.407 e. The van der Waals surface area contributed by atoms with Crippen LogP contribution in [-0.4, -0.2) is 44.4 Å². The van der Waals surface area contributed by atoms with Gasteiger partial charge in [-0.3, -0.25) is 4.79 Å². The predicted octanol–water partition coefficient (Wildman–Crippen LogP) is 4.04. The maximum absolute atomic E-state index is 12.9. The van der Waals surface area contributed by atoms with E-state index in [9.17, 15) is 9.59 Å². The van der Waals surface area contributed by atoms with Crippen LogP contribution in [0.4, 0.5) is 4.79 Å². The summed E-state index contributed by atoms with van der Waals surface area (Å²) in [5.74, 6) is 0.160. The van der Waals surface area contributed by atoms with Gasteiger partial charge >= 0.3 is 6.09 Å². The number of carbonyl (C=O) groups is 2. The molecule has 2 amide bonds. The van der Waals surface area contributed by atoms with Crippen molar-refractivity contribution in [1.29, 1.82) is 0 Å². The smallest absolute Gasteiger partial charge is 0.407 e. The molecule has 1 heterocycles. The van der Waals surface area contributed by atoms with Gasteiger partial charge in [0.25, 0.3) is 5.91 Å². The van der Waals surface area contributed by atoms with Gasteiger partial charge in [0.15, 0.2) is 0 Å². The Morgan fingerprint density at radius 3 is 2.37 bits per heavy atom. The number of nitrogens with one attached hydrogen (secondary N) is 2. The van der Waals surface area contributed by atoms with E-state index in [0.717, 1.165) is 0 Å². The van der Waals surface area contributed by atoms with Crippen LogP contribution in [0, 0.1) is 6.92 Å². The summed E-state index contributed by atoms with van der Waals surface area (Å²) >= 11 is 6.25. The summed E-state index contributed by atoms with van der Waals surface area (Å²) in [6.45, 7) is 11.3. The summed E-state index contributed by atoms with van der Waals surface area (Å²) < 4.78 is 6.83. The van der Waals surface area contributed by atoms with Crippen LogP contribution in [0.3, 0.4) is 0 Å². The second-order valence-electron chi connectivity index (χ2n) is 8.14. The molecule has 0 bridgehead atoms. The van der Waals surface area contributed by atoms with Gasteiger partial charge in [-0.1, -0.05) is 37.6 Å². The molecule has 0 aliphatic carbocycles. The normalized spacial score (nSPS) is 11.8. The second-order valence-corrected chi connectivity index (χ2v) is 8.55. The Hall–Kier alpha value is -2.61. The van der Waals surface area contributed by atoms with Gasteiger partial charge in [-0.25, -0.2) is 14.5 Å². The van der Waals surface area contributed by atoms with Crippen LogP contribution >= 0.6 is 11.6 Å². The summed E-state index contributed by atoms with van der Waals surface area (Å²) in [7, 11) is 0. The van der Waals surface area contributed by atoms with Crippen LogP contribution in [0.15, 0.2) is 24.3 Å². The number of benzene rings is 1. The van der Waals surface area contributed by atoms with Crippen molar-refractivity contribution in [3.8, 4) is 5.69 Å². The standard InChI is InChI=1S/C21H30ClN5O3/c1-7-21(8-2,13-23-19(29)30-20(4,5)6)25-18(28)17-24-14(3)27(26-17)16-12-10-9-11-15(16)22/h9-12H,7-8,13H2,1-6H3,(H,23,29)(H,25,28). The minimum Gasteiger partial charge on any atom is -0.444 e. The lowest BCUT2D eigenvalue weighted by molar-refractivity contribution is 0.0501. The summed E-state index contributed by atoms with van der Waals surface area (Å²) in [4.78, 5) is 29.2. The average molecular weight is 436 g/mol. The Kier molecular flexibility index (Phi) is 7.47. The Balaban J connectivity index is 2.16. The molecule has 0 radical (unpaired) electrons. The fourth-order valence-electron chi connectivity index (χ4n) is 2.91. The summed E-state index contributed by atoms with van der Waals surface area (Å²) in [6.07, 6.45) is 0.685. The van der Waals surface area contributed by atoms with E-state index in [1.165, 1.54) is 4.68 Å². The zero-order chi connectivity index (χ0) is 22.5. The first-order valence-corrected chi connectivity index (χ1v) is 10.4. The number of rotatable bonds is 7. The van der Waals surface area contributed by atoms with E-state index in [4.69, 9.17) is 16.3 Å². The van der Waals surface area contributed by atoms with Crippen molar-refractivity contribution in [2.45, 2.75) is 65.5 Å². The van der Waals surface area contributed by atoms with Crippen LogP contribution in [0.2, 0.25) is 5.02 Å². The van der Waals surface area contributed by atoms with Crippen LogP contribution in [-0.2, 0) is 4.74 Å². The van der Waals surface area contributed by atoms with Crippen molar-refractivity contribution in [3.05, 3.63) is 40.9 Å². The summed E-state index contributed by atoms with van der Waals surface area (Å²) in [6, 6.07) is 7.21. The highest BCUT2D eigenvalue weighted by Gasteiger charge is 2.31. The van der Waals surface area contributed by atoms with E-state index in [2.05, 4.69) is 20.7 Å². The molecular weight excluding hydrogens is 406 g/mol. The Morgan fingerprint density at radius 2 is 1.80 bits per heavy atom. The quantitative estimate of drug-likeness (QED) is 0.683. The van der Waals surface area contributed by atoms with Gasteiger partial charge in [0.05, 0.1) is 16.2 Å². The number of aromatic nitrogens is 3. The minimum atomic E-state index is -0.655. The molecule has 2 N–H and O–H groups in total. The highest BCUT2D eigenvalue weighted by Crippen LogP contribution is 2.21. The number of nitrogens with zero attached hydrogens (tertiary/aromatic N) is 3. The SMILES string of the molecule is CCC(CC)(CNC(=O)OC(C)(C)C)NC(=O)c1nc(C)n(-c2ccccc2Cl)n1. The van der Waals surface area contributed by atoms with Crippen LogP contribution in [0.1, 0.15) is 63.9 Å². The van der Waals surface area contributed by atoms with E-state index in [1.54, 1.807) is 39.8 Å². The molecule has 0 unspecified atom stereocenters. The Labute approximate surface area is 182 Å². The molecule has 0 aliphatic heterocycles. The Morgan fingerprint density at radius 1 is 1.17 bits per heavy atom. The van der Waals surface area contributed by atoms with Crippen molar-refractivity contribution in [2.75, 3.05) is 6.54 Å². The van der Waals surface area contributed by atoms with Gasteiger partial charge in [0, 0.05) is 6.54 Å². The number of carbonyl (C=O) groups excluding carboxylic acids is 2. The van der Waals surface area contributed by atoms with Gasteiger partial charge < -0.3 is 15.4 Å². The molecule has 164 valence electrons. The lowest BCUT2D eigenvalue weighted by atomic mass is 9.92. The van der Waals surface area contributed by atoms with E-state index in [0.29, 0.717) is 29.4 Å². The number of hydrogen-bond acceptors (Lipinski definition) is 5. The molecule has 30 heavy (non-hydrogen) atoms. The number of hydrogen-bond donors (Lipinski definition) is 2. The van der Waals surface area contributed by atoms with Gasteiger partial charge in [-0.05, 0) is 52.7 Å². The van der Waals surface area contributed by atoms with Gasteiger partial charge in [-0.15, -0.1) is 5.10 Å². The molecule has 2 aromatic rings. The molecule has 8 nitrogen and oxygen atoms in total. The average Bonchev–Trinajstić information content (AvgIpc) is 3.06. The number of alkyl carbamates (subject to hydrolysis) is 1. The monoisotopic (exact) mass is 435 g/mol. The van der Waals surface area contributed by atoms with Gasteiger partial charge in [0.2, 0.25) is 5.82 Å². The van der Waals surface area contributed by atoms with E-state index >= 15 is 0 Å². The number of halogens is 1. The third kappa shape index (κ3) is 5.95. The molecule has 0 saturated carbocycles. The molecule has 0 spiro atoms. The first kappa shape index (κ1) is 23.7. The van der Waals surface area contributed by atoms with Gasteiger partial charge in [0.1, 0.15) is 11.4 Å². The lowest BCUT2D eigenvalue weighted by Crippen LogP contribution is -2.55. The fraction of sp³-hybridized carbons (Fsp3) is 0.524. The summed E-state index contributed by atoms with van der Waals surface area (Å²) in [5, 5.41) is 10.6. The molecule has 0 atom stereocenters. The largest absolute Gasteiger partial charge is 0.444 e. The predicted molar refractivity (Wildman–Crippen MR) is 116 cm³/mol. The highest BCUT2D eigenvalue weighted by atomic mass is 35.5. The third-order valence-corrected chi connectivity index (χ3v) is 5.07. The molecule has 1 aromatic heterocycles. The maximum atomic E-state index is 12.9. The van der Waals surface area contributed by atoms with Crippen molar-refractivity contribution in [3.63, 3.8) is 0 Å². The van der Waals surface area contributed by atoms with Crippen LogP contribution in [0.25, 0.3) is 5.69 Å². The lowest BCUT2D eigenvalue weighted by Gasteiger charge is -2.33.